The Labute approximate surface area is 125 Å². The SMILES string of the molecule is O=C(NC1CC(NOCC(F)(F)F)C1)OCc1ccccc1. The first-order valence-corrected chi connectivity index (χ1v) is 6.83. The molecule has 0 radical (unpaired) electrons. The molecule has 0 aliphatic heterocycles. The molecule has 1 aliphatic carbocycles. The lowest BCUT2D eigenvalue weighted by molar-refractivity contribution is -0.195. The Morgan fingerprint density at radius 2 is 1.86 bits per heavy atom. The van der Waals surface area contributed by atoms with E-state index >= 15 is 0 Å². The van der Waals surface area contributed by atoms with Crippen LogP contribution in [0.4, 0.5) is 18.0 Å². The summed E-state index contributed by atoms with van der Waals surface area (Å²) < 4.78 is 40.6. The molecule has 2 N–H and O–H groups in total. The number of ether oxygens (including phenoxy) is 1. The van der Waals surface area contributed by atoms with Crippen molar-refractivity contribution >= 4 is 6.09 Å². The summed E-state index contributed by atoms with van der Waals surface area (Å²) >= 11 is 0. The molecule has 1 amide bonds. The summed E-state index contributed by atoms with van der Waals surface area (Å²) in [5, 5.41) is 2.64. The standard InChI is InChI=1S/C14H17F3N2O3/c15-14(16,17)9-22-19-12-6-11(7-12)18-13(20)21-8-10-4-2-1-3-5-10/h1-5,11-12,19H,6-9H2,(H,18,20). The van der Waals surface area contributed by atoms with Crippen molar-refractivity contribution in [3.63, 3.8) is 0 Å². The fourth-order valence-corrected chi connectivity index (χ4v) is 2.00. The van der Waals surface area contributed by atoms with Crippen LogP contribution in [-0.2, 0) is 16.2 Å². The van der Waals surface area contributed by atoms with Gasteiger partial charge in [-0.3, -0.25) is 4.84 Å². The van der Waals surface area contributed by atoms with E-state index in [-0.39, 0.29) is 18.7 Å². The molecule has 5 nitrogen and oxygen atoms in total. The summed E-state index contributed by atoms with van der Waals surface area (Å²) in [6.07, 6.45) is -3.89. The van der Waals surface area contributed by atoms with Gasteiger partial charge in [-0.1, -0.05) is 30.3 Å². The number of hydrogen-bond donors (Lipinski definition) is 2. The van der Waals surface area contributed by atoms with Crippen molar-refractivity contribution in [3.8, 4) is 0 Å². The van der Waals surface area contributed by atoms with E-state index in [9.17, 15) is 18.0 Å². The van der Waals surface area contributed by atoms with Crippen molar-refractivity contribution in [2.45, 2.75) is 37.7 Å². The molecule has 1 aliphatic rings. The fourth-order valence-electron chi connectivity index (χ4n) is 2.00. The lowest BCUT2D eigenvalue weighted by Gasteiger charge is -2.35. The predicted molar refractivity (Wildman–Crippen MR) is 71.7 cm³/mol. The van der Waals surface area contributed by atoms with Crippen molar-refractivity contribution in [2.24, 2.45) is 0 Å². The first-order chi connectivity index (χ1) is 10.4. The zero-order valence-electron chi connectivity index (χ0n) is 11.7. The maximum absolute atomic E-state index is 11.9. The number of amides is 1. The summed E-state index contributed by atoms with van der Waals surface area (Å²) in [7, 11) is 0. The molecule has 2 rings (SSSR count). The van der Waals surface area contributed by atoms with Crippen molar-refractivity contribution in [3.05, 3.63) is 35.9 Å². The van der Waals surface area contributed by atoms with E-state index < -0.39 is 18.9 Å². The van der Waals surface area contributed by atoms with Crippen LogP contribution in [0.2, 0.25) is 0 Å². The minimum atomic E-state index is -4.35. The summed E-state index contributed by atoms with van der Waals surface area (Å²) in [5.41, 5.74) is 3.21. The molecule has 0 unspecified atom stereocenters. The summed E-state index contributed by atoms with van der Waals surface area (Å²) in [4.78, 5) is 15.9. The molecule has 1 aromatic carbocycles. The zero-order valence-corrected chi connectivity index (χ0v) is 11.7. The Kier molecular flexibility index (Phi) is 5.62. The average Bonchev–Trinajstić information content (AvgIpc) is 2.42. The van der Waals surface area contributed by atoms with Crippen LogP contribution in [0.25, 0.3) is 0 Å². The molecule has 0 saturated heterocycles. The van der Waals surface area contributed by atoms with Crippen LogP contribution in [0, 0.1) is 0 Å². The van der Waals surface area contributed by atoms with Crippen LogP contribution in [0.5, 0.6) is 0 Å². The zero-order chi connectivity index (χ0) is 16.0. The highest BCUT2D eigenvalue weighted by molar-refractivity contribution is 5.67. The number of rotatable bonds is 6. The van der Waals surface area contributed by atoms with Crippen molar-refractivity contribution in [1.29, 1.82) is 0 Å². The molecule has 0 heterocycles. The Morgan fingerprint density at radius 1 is 1.18 bits per heavy atom. The van der Waals surface area contributed by atoms with E-state index in [0.717, 1.165) is 5.56 Å². The number of carbonyl (C=O) groups is 1. The fraction of sp³-hybridized carbons (Fsp3) is 0.500. The van der Waals surface area contributed by atoms with E-state index in [1.54, 1.807) is 0 Å². The second kappa shape index (κ2) is 7.46. The maximum Gasteiger partial charge on any atom is 0.413 e. The molecule has 8 heteroatoms. The van der Waals surface area contributed by atoms with Crippen molar-refractivity contribution < 1.29 is 27.5 Å². The van der Waals surface area contributed by atoms with E-state index in [1.807, 2.05) is 30.3 Å². The molecule has 0 atom stereocenters. The number of nitrogens with one attached hydrogen (secondary N) is 2. The van der Waals surface area contributed by atoms with Crippen LogP contribution >= 0.6 is 0 Å². The maximum atomic E-state index is 11.9. The smallest absolute Gasteiger partial charge is 0.413 e. The molecule has 122 valence electrons. The van der Waals surface area contributed by atoms with E-state index in [4.69, 9.17) is 4.74 Å². The summed E-state index contributed by atoms with van der Waals surface area (Å²) in [6.45, 7) is -1.16. The van der Waals surface area contributed by atoms with E-state index in [2.05, 4.69) is 15.6 Å². The van der Waals surface area contributed by atoms with Crippen molar-refractivity contribution in [1.82, 2.24) is 10.8 Å². The number of halogens is 3. The highest BCUT2D eigenvalue weighted by Gasteiger charge is 2.33. The topological polar surface area (TPSA) is 59.6 Å². The van der Waals surface area contributed by atoms with Crippen LogP contribution in [0.15, 0.2) is 30.3 Å². The van der Waals surface area contributed by atoms with Gasteiger partial charge in [0.15, 0.2) is 6.61 Å². The van der Waals surface area contributed by atoms with Gasteiger partial charge < -0.3 is 10.1 Å². The molecule has 22 heavy (non-hydrogen) atoms. The number of carbonyl (C=O) groups excluding carboxylic acids is 1. The number of alkyl halides is 3. The monoisotopic (exact) mass is 318 g/mol. The predicted octanol–water partition coefficient (Wildman–Crippen LogP) is 2.53. The van der Waals surface area contributed by atoms with Crippen LogP contribution in [0.3, 0.4) is 0 Å². The number of benzene rings is 1. The van der Waals surface area contributed by atoms with Crippen LogP contribution in [-0.4, -0.2) is 31.0 Å². The molecule has 0 aromatic heterocycles. The highest BCUT2D eigenvalue weighted by Crippen LogP contribution is 2.21. The average molecular weight is 318 g/mol. The van der Waals surface area contributed by atoms with Gasteiger partial charge in [-0.2, -0.15) is 18.7 Å². The largest absolute Gasteiger partial charge is 0.445 e. The van der Waals surface area contributed by atoms with Gasteiger partial charge in [-0.15, -0.1) is 0 Å². The molecular formula is C14H17F3N2O3. The first-order valence-electron chi connectivity index (χ1n) is 6.83. The van der Waals surface area contributed by atoms with Crippen molar-refractivity contribution in [2.75, 3.05) is 6.61 Å². The normalized spacial score (nSPS) is 21.0. The second-order valence-corrected chi connectivity index (χ2v) is 5.09. The summed E-state index contributed by atoms with van der Waals surface area (Å²) in [6, 6.07) is 8.94. The molecular weight excluding hydrogens is 301 g/mol. The lowest BCUT2D eigenvalue weighted by Crippen LogP contribution is -2.52. The van der Waals surface area contributed by atoms with Gasteiger partial charge in [-0.25, -0.2) is 4.79 Å². The van der Waals surface area contributed by atoms with Gasteiger partial charge in [0.2, 0.25) is 0 Å². The molecule has 1 aromatic rings. The Bertz CT molecular complexity index is 476. The quantitative estimate of drug-likeness (QED) is 0.791. The van der Waals surface area contributed by atoms with Gasteiger partial charge in [0.05, 0.1) is 0 Å². The molecule has 0 spiro atoms. The van der Waals surface area contributed by atoms with Gasteiger partial charge in [0.1, 0.15) is 6.61 Å². The molecule has 0 bridgehead atoms. The van der Waals surface area contributed by atoms with Gasteiger partial charge in [0, 0.05) is 12.1 Å². The molecule has 1 saturated carbocycles. The number of hydrogen-bond acceptors (Lipinski definition) is 4. The van der Waals surface area contributed by atoms with Gasteiger partial charge in [-0.05, 0) is 18.4 Å². The number of alkyl carbamates (subject to hydrolysis) is 1. The van der Waals surface area contributed by atoms with Gasteiger partial charge in [0.25, 0.3) is 0 Å². The number of hydroxylamine groups is 1. The minimum Gasteiger partial charge on any atom is -0.445 e. The Balaban J connectivity index is 1.54. The van der Waals surface area contributed by atoms with Crippen LogP contribution < -0.4 is 10.8 Å². The first kappa shape index (κ1) is 16.6. The van der Waals surface area contributed by atoms with E-state index in [1.165, 1.54) is 0 Å². The van der Waals surface area contributed by atoms with Gasteiger partial charge >= 0.3 is 12.3 Å². The third kappa shape index (κ3) is 5.90. The third-order valence-corrected chi connectivity index (χ3v) is 3.16. The summed E-state index contributed by atoms with van der Waals surface area (Å²) in [5.74, 6) is 0. The lowest BCUT2D eigenvalue weighted by atomic mass is 9.88. The van der Waals surface area contributed by atoms with Crippen LogP contribution in [0.1, 0.15) is 18.4 Å². The third-order valence-electron chi connectivity index (χ3n) is 3.16. The Hall–Kier alpha value is -1.80. The minimum absolute atomic E-state index is 0.115. The Morgan fingerprint density at radius 3 is 2.50 bits per heavy atom. The highest BCUT2D eigenvalue weighted by atomic mass is 19.4. The second-order valence-electron chi connectivity index (χ2n) is 5.09. The molecule has 1 fully saturated rings. The van der Waals surface area contributed by atoms with E-state index in [0.29, 0.717) is 12.8 Å².